The quantitative estimate of drug-likeness (QED) is 0.782. The second-order valence-corrected chi connectivity index (χ2v) is 5.78. The van der Waals surface area contributed by atoms with E-state index < -0.39 is 11.6 Å². The lowest BCUT2D eigenvalue weighted by molar-refractivity contribution is 0.509. The van der Waals surface area contributed by atoms with Gasteiger partial charge in [-0.3, -0.25) is 0 Å². The van der Waals surface area contributed by atoms with E-state index in [1.807, 2.05) is 23.1 Å². The van der Waals surface area contributed by atoms with Crippen LogP contribution in [0.3, 0.4) is 0 Å². The second kappa shape index (κ2) is 6.43. The minimum absolute atomic E-state index is 0.393. The number of benzene rings is 2. The summed E-state index contributed by atoms with van der Waals surface area (Å²) in [5.41, 5.74) is 2.71. The van der Waals surface area contributed by atoms with Crippen LogP contribution in [0.2, 0.25) is 0 Å². The molecule has 126 valence electrons. The molecule has 1 N–H and O–H groups in total. The molecule has 0 unspecified atom stereocenters. The first-order valence-electron chi connectivity index (χ1n) is 7.98. The molecule has 0 saturated carbocycles. The molecule has 0 amide bonds. The smallest absolute Gasteiger partial charge is 0.251 e. The SMILES string of the molecule is Fc1ccc(Nc2cnnc(N3CCCc4ccccc43)n2)cc1F. The first kappa shape index (κ1) is 15.4. The summed E-state index contributed by atoms with van der Waals surface area (Å²) in [5.74, 6) is -0.923. The summed E-state index contributed by atoms with van der Waals surface area (Å²) in [6, 6.07) is 11.7. The molecule has 7 heteroatoms. The van der Waals surface area contributed by atoms with Crippen molar-refractivity contribution in [3.05, 3.63) is 65.9 Å². The highest BCUT2D eigenvalue weighted by Gasteiger charge is 2.20. The Kier molecular flexibility index (Phi) is 3.97. The van der Waals surface area contributed by atoms with Gasteiger partial charge in [-0.05, 0) is 36.6 Å². The molecule has 0 aliphatic carbocycles. The van der Waals surface area contributed by atoms with Crippen molar-refractivity contribution in [3.63, 3.8) is 0 Å². The molecule has 4 rings (SSSR count). The summed E-state index contributed by atoms with van der Waals surface area (Å²) in [4.78, 5) is 6.48. The van der Waals surface area contributed by atoms with Gasteiger partial charge in [0, 0.05) is 24.0 Å². The standard InChI is InChI=1S/C18H15F2N5/c19-14-8-7-13(10-15(14)20)22-17-11-21-24-18(23-17)25-9-3-5-12-4-1-2-6-16(12)25/h1-2,4,6-8,10-11H,3,5,9H2,(H,22,23,24). The van der Waals surface area contributed by atoms with E-state index in [1.165, 1.54) is 17.8 Å². The zero-order valence-electron chi connectivity index (χ0n) is 13.3. The number of halogens is 2. The highest BCUT2D eigenvalue weighted by molar-refractivity contribution is 5.64. The molecular formula is C18H15F2N5. The van der Waals surface area contributed by atoms with Crippen LogP contribution in [0.15, 0.2) is 48.7 Å². The maximum absolute atomic E-state index is 13.3. The molecule has 0 spiro atoms. The summed E-state index contributed by atoms with van der Waals surface area (Å²) >= 11 is 0. The van der Waals surface area contributed by atoms with Crippen LogP contribution in [-0.4, -0.2) is 21.7 Å². The number of rotatable bonds is 3. The van der Waals surface area contributed by atoms with Crippen molar-refractivity contribution >= 4 is 23.1 Å². The Labute approximate surface area is 143 Å². The lowest BCUT2D eigenvalue weighted by atomic mass is 10.0. The van der Waals surface area contributed by atoms with Crippen LogP contribution in [0.4, 0.5) is 31.9 Å². The molecule has 25 heavy (non-hydrogen) atoms. The summed E-state index contributed by atoms with van der Waals surface area (Å²) in [6.45, 7) is 0.799. The molecular weight excluding hydrogens is 324 g/mol. The van der Waals surface area contributed by atoms with Gasteiger partial charge in [-0.1, -0.05) is 18.2 Å². The Morgan fingerprint density at radius 1 is 1.04 bits per heavy atom. The molecule has 0 radical (unpaired) electrons. The monoisotopic (exact) mass is 339 g/mol. The van der Waals surface area contributed by atoms with E-state index in [9.17, 15) is 8.78 Å². The van der Waals surface area contributed by atoms with Crippen LogP contribution in [0, 0.1) is 11.6 Å². The Bertz CT molecular complexity index is 915. The fraction of sp³-hybridized carbons (Fsp3) is 0.167. The minimum Gasteiger partial charge on any atom is -0.339 e. The van der Waals surface area contributed by atoms with Crippen LogP contribution in [0.1, 0.15) is 12.0 Å². The Balaban J connectivity index is 1.63. The lowest BCUT2D eigenvalue weighted by Crippen LogP contribution is -2.26. The fourth-order valence-electron chi connectivity index (χ4n) is 2.93. The third-order valence-corrected chi connectivity index (χ3v) is 4.09. The Hall–Kier alpha value is -3.09. The van der Waals surface area contributed by atoms with Gasteiger partial charge < -0.3 is 10.2 Å². The van der Waals surface area contributed by atoms with Gasteiger partial charge in [0.05, 0.1) is 6.20 Å². The summed E-state index contributed by atoms with van der Waals surface area (Å²) in [7, 11) is 0. The average molecular weight is 339 g/mol. The van der Waals surface area contributed by atoms with Crippen LogP contribution in [0.25, 0.3) is 0 Å². The third kappa shape index (κ3) is 3.13. The summed E-state index contributed by atoms with van der Waals surface area (Å²) < 4.78 is 26.4. The first-order chi connectivity index (χ1) is 12.2. The molecule has 0 saturated heterocycles. The van der Waals surface area contributed by atoms with E-state index >= 15 is 0 Å². The van der Waals surface area contributed by atoms with Gasteiger partial charge in [-0.2, -0.15) is 10.1 Å². The van der Waals surface area contributed by atoms with E-state index in [1.54, 1.807) is 0 Å². The highest BCUT2D eigenvalue weighted by Crippen LogP contribution is 2.31. The second-order valence-electron chi connectivity index (χ2n) is 5.78. The molecule has 0 atom stereocenters. The molecule has 0 bridgehead atoms. The highest BCUT2D eigenvalue weighted by atomic mass is 19.2. The number of aromatic nitrogens is 3. The number of nitrogens with one attached hydrogen (secondary N) is 1. The Morgan fingerprint density at radius 2 is 1.92 bits per heavy atom. The van der Waals surface area contributed by atoms with Crippen molar-refractivity contribution in [3.8, 4) is 0 Å². The normalized spacial score (nSPS) is 13.4. The van der Waals surface area contributed by atoms with Gasteiger partial charge in [-0.15, -0.1) is 5.10 Å². The number of hydrogen-bond donors (Lipinski definition) is 1. The molecule has 1 aliphatic heterocycles. The number of fused-ring (bicyclic) bond motifs is 1. The van der Waals surface area contributed by atoms with Crippen LogP contribution < -0.4 is 10.2 Å². The number of aryl methyl sites for hydroxylation is 1. The summed E-state index contributed by atoms with van der Waals surface area (Å²) in [5, 5.41) is 11.0. The molecule has 1 aromatic heterocycles. The number of nitrogens with zero attached hydrogens (tertiary/aromatic N) is 4. The van der Waals surface area contributed by atoms with E-state index in [2.05, 4.69) is 26.6 Å². The van der Waals surface area contributed by atoms with E-state index in [0.29, 0.717) is 17.5 Å². The zero-order valence-corrected chi connectivity index (χ0v) is 13.3. The average Bonchev–Trinajstić information content (AvgIpc) is 2.64. The van der Waals surface area contributed by atoms with Crippen LogP contribution in [-0.2, 0) is 6.42 Å². The van der Waals surface area contributed by atoms with Crippen LogP contribution in [0.5, 0.6) is 0 Å². The van der Waals surface area contributed by atoms with E-state index in [-0.39, 0.29) is 0 Å². The number of anilines is 4. The number of para-hydroxylation sites is 1. The van der Waals surface area contributed by atoms with Gasteiger partial charge in [-0.25, -0.2) is 8.78 Å². The van der Waals surface area contributed by atoms with Gasteiger partial charge >= 0.3 is 0 Å². The number of hydrogen-bond acceptors (Lipinski definition) is 5. The van der Waals surface area contributed by atoms with Gasteiger partial charge in [0.15, 0.2) is 17.5 Å². The van der Waals surface area contributed by atoms with E-state index in [0.717, 1.165) is 37.2 Å². The van der Waals surface area contributed by atoms with Crippen molar-refractivity contribution in [2.45, 2.75) is 12.8 Å². The van der Waals surface area contributed by atoms with Crippen molar-refractivity contribution in [1.82, 2.24) is 15.2 Å². The predicted molar refractivity (Wildman–Crippen MR) is 91.2 cm³/mol. The topological polar surface area (TPSA) is 53.9 Å². The molecule has 3 aromatic rings. The maximum Gasteiger partial charge on any atom is 0.251 e. The van der Waals surface area contributed by atoms with Crippen molar-refractivity contribution < 1.29 is 8.78 Å². The van der Waals surface area contributed by atoms with Crippen molar-refractivity contribution in [2.75, 3.05) is 16.8 Å². The van der Waals surface area contributed by atoms with Crippen molar-refractivity contribution in [2.24, 2.45) is 0 Å². The Morgan fingerprint density at radius 3 is 2.80 bits per heavy atom. The fourth-order valence-corrected chi connectivity index (χ4v) is 2.93. The lowest BCUT2D eigenvalue weighted by Gasteiger charge is -2.29. The molecule has 2 aromatic carbocycles. The largest absolute Gasteiger partial charge is 0.339 e. The minimum atomic E-state index is -0.919. The molecule has 1 aliphatic rings. The molecule has 2 heterocycles. The van der Waals surface area contributed by atoms with Gasteiger partial charge in [0.25, 0.3) is 5.95 Å². The van der Waals surface area contributed by atoms with E-state index in [4.69, 9.17) is 0 Å². The predicted octanol–water partition coefficient (Wildman–Crippen LogP) is 3.98. The third-order valence-electron chi connectivity index (χ3n) is 4.09. The zero-order chi connectivity index (χ0) is 17.2. The van der Waals surface area contributed by atoms with Crippen molar-refractivity contribution in [1.29, 1.82) is 0 Å². The van der Waals surface area contributed by atoms with Gasteiger partial charge in [0.2, 0.25) is 0 Å². The maximum atomic E-state index is 13.3. The summed E-state index contributed by atoms with van der Waals surface area (Å²) in [6.07, 6.45) is 3.47. The molecule has 0 fully saturated rings. The van der Waals surface area contributed by atoms with Gasteiger partial charge in [0.1, 0.15) is 0 Å². The first-order valence-corrected chi connectivity index (χ1v) is 7.98. The molecule has 5 nitrogen and oxygen atoms in total. The van der Waals surface area contributed by atoms with Crippen LogP contribution >= 0.6 is 0 Å².